The fourth-order valence-electron chi connectivity index (χ4n) is 3.71. The number of carbonyl (C=O) groups is 8. The van der Waals surface area contributed by atoms with Crippen LogP contribution in [0.25, 0.3) is 10.8 Å². The summed E-state index contributed by atoms with van der Waals surface area (Å²) in [6, 6.07) is 4.63. The fourth-order valence-corrected chi connectivity index (χ4v) is 3.71. The molecule has 2 aromatic carbocycles. The third kappa shape index (κ3) is 15.2. The summed E-state index contributed by atoms with van der Waals surface area (Å²) in [6.45, 7) is 11.3. The second-order valence-corrected chi connectivity index (χ2v) is 9.63. The van der Waals surface area contributed by atoms with Gasteiger partial charge in [-0.1, -0.05) is 26.3 Å². The summed E-state index contributed by atoms with van der Waals surface area (Å²) in [5.74, 6) is -4.22. The molecular formula is C34H36N4O16. The predicted octanol–water partition coefficient (Wildman–Crippen LogP) is 2.11. The van der Waals surface area contributed by atoms with Gasteiger partial charge in [0.2, 0.25) is 0 Å². The molecule has 4 amide bonds. The molecule has 20 heteroatoms. The Kier molecular flexibility index (Phi) is 18.4. The van der Waals surface area contributed by atoms with Crippen molar-refractivity contribution in [1.29, 1.82) is 0 Å². The van der Waals surface area contributed by atoms with Crippen molar-refractivity contribution < 1.29 is 76.3 Å². The number of rotatable bonds is 20. The smallest absolute Gasteiger partial charge is 0.412 e. The van der Waals surface area contributed by atoms with Crippen molar-refractivity contribution >= 4 is 59.0 Å². The zero-order valence-electron chi connectivity index (χ0n) is 28.6. The lowest BCUT2D eigenvalue weighted by Gasteiger charge is -2.18. The van der Waals surface area contributed by atoms with Crippen molar-refractivity contribution in [2.45, 2.75) is 0 Å². The molecule has 0 aromatic heterocycles. The number of nitrogens with one attached hydrogen (secondary N) is 4. The summed E-state index contributed by atoms with van der Waals surface area (Å²) >= 11 is 0. The first-order valence-corrected chi connectivity index (χ1v) is 15.5. The topological polar surface area (TPSA) is 259 Å². The number of hydrogen-bond acceptors (Lipinski definition) is 16. The maximum atomic E-state index is 12.8. The van der Waals surface area contributed by atoms with Crippen molar-refractivity contribution in [2.24, 2.45) is 0 Å². The van der Waals surface area contributed by atoms with Crippen LogP contribution in [-0.4, -0.2) is 101 Å². The Labute approximate surface area is 307 Å². The van der Waals surface area contributed by atoms with E-state index < -0.39 is 48.3 Å². The summed E-state index contributed by atoms with van der Waals surface area (Å²) in [7, 11) is 0. The van der Waals surface area contributed by atoms with Crippen molar-refractivity contribution in [2.75, 3.05) is 52.6 Å². The average molecular weight is 757 g/mol. The number of esters is 4. The molecule has 0 fully saturated rings. The molecule has 0 aliphatic carbocycles. The van der Waals surface area contributed by atoms with E-state index in [1.165, 1.54) is 0 Å². The van der Waals surface area contributed by atoms with E-state index in [4.69, 9.17) is 37.9 Å². The van der Waals surface area contributed by atoms with Gasteiger partial charge in [0.25, 0.3) is 0 Å². The summed E-state index contributed by atoms with van der Waals surface area (Å²) in [5, 5.41) is 8.89. The number of carbonyl (C=O) groups excluding carboxylic acids is 8. The highest BCUT2D eigenvalue weighted by atomic mass is 16.6. The van der Waals surface area contributed by atoms with Crippen LogP contribution in [0.3, 0.4) is 0 Å². The Balaban J connectivity index is 2.53. The number of ether oxygens (including phenoxy) is 8. The van der Waals surface area contributed by atoms with Crippen LogP contribution in [0.15, 0.2) is 74.9 Å². The monoisotopic (exact) mass is 756 g/mol. The van der Waals surface area contributed by atoms with Gasteiger partial charge >= 0.3 is 48.3 Å². The lowest BCUT2D eigenvalue weighted by Crippen LogP contribution is -2.32. The second-order valence-electron chi connectivity index (χ2n) is 9.63. The Morgan fingerprint density at radius 2 is 0.611 bits per heavy atom. The van der Waals surface area contributed by atoms with Crippen LogP contribution in [0, 0.1) is 0 Å². The van der Waals surface area contributed by atoms with Gasteiger partial charge in [0.15, 0.2) is 0 Å². The molecule has 2 aromatic rings. The van der Waals surface area contributed by atoms with Gasteiger partial charge in [-0.15, -0.1) is 0 Å². The van der Waals surface area contributed by atoms with Crippen LogP contribution in [0.1, 0.15) is 0 Å². The lowest BCUT2D eigenvalue weighted by molar-refractivity contribution is -0.138. The van der Waals surface area contributed by atoms with Crippen LogP contribution >= 0.6 is 0 Å². The fraction of sp³-hybridized carbons (Fsp3) is 0.235. The van der Waals surface area contributed by atoms with Gasteiger partial charge in [0.1, 0.15) is 49.4 Å². The highest BCUT2D eigenvalue weighted by molar-refractivity contribution is 6.05. The van der Waals surface area contributed by atoms with E-state index in [0.29, 0.717) is 0 Å². The number of amides is 4. The predicted molar refractivity (Wildman–Crippen MR) is 185 cm³/mol. The van der Waals surface area contributed by atoms with Gasteiger partial charge in [-0.3, -0.25) is 0 Å². The Bertz CT molecular complexity index is 1520. The molecule has 0 saturated heterocycles. The van der Waals surface area contributed by atoms with E-state index in [1.807, 2.05) is 0 Å². The van der Waals surface area contributed by atoms with E-state index >= 15 is 0 Å². The largest absolute Gasteiger partial charge is 0.461 e. The highest BCUT2D eigenvalue weighted by Crippen LogP contribution is 2.45. The minimum atomic E-state index is -1.08. The van der Waals surface area contributed by atoms with Gasteiger partial charge in [0.05, 0.1) is 37.0 Å². The van der Waals surface area contributed by atoms with E-state index in [-0.39, 0.29) is 86.4 Å². The molecule has 2 rings (SSSR count). The van der Waals surface area contributed by atoms with Crippen LogP contribution in [0.2, 0.25) is 0 Å². The van der Waals surface area contributed by atoms with Crippen LogP contribution in [0.5, 0.6) is 23.0 Å². The third-order valence-corrected chi connectivity index (χ3v) is 5.95. The van der Waals surface area contributed by atoms with E-state index in [1.54, 1.807) is 0 Å². The van der Waals surface area contributed by atoms with Gasteiger partial charge in [-0.05, 0) is 24.3 Å². The zero-order chi connectivity index (χ0) is 39.9. The van der Waals surface area contributed by atoms with Gasteiger partial charge in [-0.25, -0.2) is 38.4 Å². The maximum absolute atomic E-state index is 12.8. The first kappa shape index (κ1) is 42.8. The molecule has 20 nitrogen and oxygen atoms in total. The van der Waals surface area contributed by atoms with Crippen molar-refractivity contribution in [3.63, 3.8) is 0 Å². The van der Waals surface area contributed by atoms with Crippen LogP contribution < -0.4 is 40.2 Å². The van der Waals surface area contributed by atoms with E-state index in [2.05, 4.69) is 47.6 Å². The normalized spacial score (nSPS) is 9.85. The number of benzene rings is 2. The van der Waals surface area contributed by atoms with Crippen molar-refractivity contribution in [3.8, 4) is 23.0 Å². The molecule has 0 aliphatic heterocycles. The molecule has 0 spiro atoms. The maximum Gasteiger partial charge on any atom is 0.412 e. The van der Waals surface area contributed by atoms with Gasteiger partial charge < -0.3 is 59.2 Å². The molecule has 0 heterocycles. The average Bonchev–Trinajstić information content (AvgIpc) is 3.16. The summed E-state index contributed by atoms with van der Waals surface area (Å²) in [5.41, 5.74) is 0. The first-order valence-electron chi connectivity index (χ1n) is 15.5. The molecule has 0 bridgehead atoms. The molecule has 0 radical (unpaired) electrons. The molecule has 288 valence electrons. The standard InChI is InChI=1S/C34H36N4O16/c1-5-25(39)47-17-13-35-31(43)51-21-9-10-23(53-33(45)37-15-19-49-27(41)7-3)30-24(54-34(46)38-16-20-50-28(42)8-4)12-11-22(29(21)30)52-32(44)36-14-18-48-26(40)6-2/h5-12H,1-4,13-20H2,(H,35,43)(H,36,44)(H,37,45)(H,38,46). The summed E-state index contributed by atoms with van der Waals surface area (Å²) in [6.07, 6.45) is -0.616. The summed E-state index contributed by atoms with van der Waals surface area (Å²) in [4.78, 5) is 96.3. The molecular weight excluding hydrogens is 720 g/mol. The minimum absolute atomic E-state index is 0.196. The summed E-state index contributed by atoms with van der Waals surface area (Å²) < 4.78 is 41.0. The minimum Gasteiger partial charge on any atom is -0.461 e. The van der Waals surface area contributed by atoms with Crippen molar-refractivity contribution in [3.05, 3.63) is 74.9 Å². The molecule has 0 aliphatic rings. The van der Waals surface area contributed by atoms with Gasteiger partial charge in [-0.2, -0.15) is 0 Å². The van der Waals surface area contributed by atoms with Crippen LogP contribution in [0.4, 0.5) is 19.2 Å². The SMILES string of the molecule is C=CC(=O)OCCNC(=O)Oc1ccc(OC(=O)NCCOC(=O)C=C)c2c(OC(=O)NCCOC(=O)C=C)ccc(OC(=O)NCCOC(=O)C=C)c12. The Morgan fingerprint density at radius 3 is 0.796 bits per heavy atom. The zero-order valence-corrected chi connectivity index (χ0v) is 28.6. The lowest BCUT2D eigenvalue weighted by atomic mass is 10.1. The van der Waals surface area contributed by atoms with Crippen molar-refractivity contribution in [1.82, 2.24) is 21.3 Å². The van der Waals surface area contributed by atoms with E-state index in [0.717, 1.165) is 48.6 Å². The first-order chi connectivity index (χ1) is 25.9. The Hall–Kier alpha value is -7.38. The third-order valence-electron chi connectivity index (χ3n) is 5.95. The van der Waals surface area contributed by atoms with Crippen LogP contribution in [-0.2, 0) is 38.1 Å². The molecule has 0 unspecified atom stereocenters. The molecule has 0 saturated carbocycles. The highest BCUT2D eigenvalue weighted by Gasteiger charge is 2.24. The second kappa shape index (κ2) is 23.2. The number of hydrogen-bond donors (Lipinski definition) is 4. The molecule has 4 N–H and O–H groups in total. The molecule has 54 heavy (non-hydrogen) atoms. The quantitative estimate of drug-likeness (QED) is 0.0653. The Morgan fingerprint density at radius 1 is 0.407 bits per heavy atom. The number of fused-ring (bicyclic) bond motifs is 1. The van der Waals surface area contributed by atoms with E-state index in [9.17, 15) is 38.4 Å². The van der Waals surface area contributed by atoms with Gasteiger partial charge in [0, 0.05) is 24.3 Å². The molecule has 0 atom stereocenters.